The van der Waals surface area contributed by atoms with Crippen LogP contribution in [0.25, 0.3) is 0 Å². The van der Waals surface area contributed by atoms with Gasteiger partial charge in [-0.15, -0.1) is 0 Å². The molecule has 0 rings (SSSR count). The second-order valence-electron chi connectivity index (χ2n) is 26.2. The summed E-state index contributed by atoms with van der Waals surface area (Å²) in [6.45, 7) is 4.12. The van der Waals surface area contributed by atoms with Crippen molar-refractivity contribution in [2.24, 2.45) is 0 Å². The molecule has 0 aliphatic heterocycles. The maximum absolute atomic E-state index is 13.1. The van der Waals surface area contributed by atoms with Crippen molar-refractivity contribution in [3.8, 4) is 0 Å². The molecule has 0 aromatic carbocycles. The molecule has 0 fully saturated rings. The number of phosphoric acid groups is 2. The highest BCUT2D eigenvalue weighted by molar-refractivity contribution is 7.47. The average molecular weight is 1590 g/mol. The van der Waals surface area contributed by atoms with Crippen LogP contribution < -0.4 is 0 Å². The maximum Gasteiger partial charge on any atom is 0.472 e. The van der Waals surface area contributed by atoms with E-state index in [9.17, 15) is 43.2 Å². The summed E-state index contributed by atoms with van der Waals surface area (Å²) >= 11 is 0. The van der Waals surface area contributed by atoms with Crippen LogP contribution in [-0.4, -0.2) is 96.7 Å². The molecule has 0 saturated heterocycles. The Balaban J connectivity index is 5.59. The summed E-state index contributed by atoms with van der Waals surface area (Å²) in [5, 5.41) is 10.7. The van der Waals surface area contributed by atoms with Crippen LogP contribution in [0.1, 0.15) is 259 Å². The van der Waals surface area contributed by atoms with Gasteiger partial charge in [-0.2, -0.15) is 0 Å². The molecular weight excluding hydrogens is 1450 g/mol. The van der Waals surface area contributed by atoms with Gasteiger partial charge in [0.15, 0.2) is 12.2 Å². The van der Waals surface area contributed by atoms with E-state index < -0.39 is 97.5 Å². The largest absolute Gasteiger partial charge is 0.472 e. The van der Waals surface area contributed by atoms with Crippen LogP contribution in [0, 0.1) is 0 Å². The molecule has 0 amide bonds. The Morgan fingerprint density at radius 2 is 0.491 bits per heavy atom. The smallest absolute Gasteiger partial charge is 0.462 e. The maximum atomic E-state index is 13.1. The molecule has 17 nitrogen and oxygen atoms in total. The van der Waals surface area contributed by atoms with Gasteiger partial charge in [0.25, 0.3) is 0 Å². The van der Waals surface area contributed by atoms with Crippen molar-refractivity contribution < 1.29 is 80.2 Å². The number of carbonyl (C=O) groups is 4. The zero-order valence-corrected chi connectivity index (χ0v) is 70.3. The monoisotopic (exact) mass is 1590 g/mol. The third-order valence-corrected chi connectivity index (χ3v) is 17.7. The Hall–Kier alpha value is -7.14. The number of esters is 4. The minimum absolute atomic E-state index is 0.00505. The number of rotatable bonds is 74. The third-order valence-electron chi connectivity index (χ3n) is 15.8. The molecule has 19 heteroatoms. The predicted molar refractivity (Wildman–Crippen MR) is 463 cm³/mol. The first-order valence-electron chi connectivity index (χ1n) is 41.3. The SMILES string of the molecule is CC/C=C\C/C=C\C/C=C\C/C=C\C/C=C\C/C=C\CCC(=O)OCC(COP(=O)(O)OCC(O)COP(=O)(O)OCC(COC(=O)CCCCC/C=C\C/C=C\C/C=C\C/C=C\C/C=C\CC)OC(=O)CCCCCCCC/C=C\C/C=C\C/C=C\C/C=C\CC)OC(=O)C/C=C\C/C=C\C/C=C\C/C=C\C/C=C\CC. The van der Waals surface area contributed by atoms with Gasteiger partial charge in [0.05, 0.1) is 32.8 Å². The molecule has 0 aromatic rings. The van der Waals surface area contributed by atoms with E-state index in [1.54, 1.807) is 12.2 Å². The van der Waals surface area contributed by atoms with Crippen LogP contribution in [0.4, 0.5) is 0 Å². The van der Waals surface area contributed by atoms with Crippen LogP contribution in [0.15, 0.2) is 243 Å². The van der Waals surface area contributed by atoms with Crippen LogP contribution >= 0.6 is 15.6 Å². The lowest BCUT2D eigenvalue weighted by atomic mass is 10.1. The molecule has 626 valence electrons. The molecule has 5 atom stereocenters. The summed E-state index contributed by atoms with van der Waals surface area (Å²) in [4.78, 5) is 73.1. The highest BCUT2D eigenvalue weighted by Crippen LogP contribution is 2.45. The highest BCUT2D eigenvalue weighted by atomic mass is 31.2. The molecule has 0 heterocycles. The second kappa shape index (κ2) is 81.9. The van der Waals surface area contributed by atoms with E-state index in [2.05, 4.69) is 228 Å². The van der Waals surface area contributed by atoms with Crippen LogP contribution in [0.5, 0.6) is 0 Å². The van der Waals surface area contributed by atoms with Gasteiger partial charge in [0.2, 0.25) is 0 Å². The first-order chi connectivity index (χ1) is 54.7. The molecule has 0 radical (unpaired) electrons. The normalized spacial score (nSPS) is 15.0. The number of aliphatic hydroxyl groups is 1. The fourth-order valence-electron chi connectivity index (χ4n) is 9.75. The Morgan fingerprint density at radius 1 is 0.259 bits per heavy atom. The van der Waals surface area contributed by atoms with Gasteiger partial charge < -0.3 is 33.8 Å². The van der Waals surface area contributed by atoms with Gasteiger partial charge in [0, 0.05) is 19.3 Å². The van der Waals surface area contributed by atoms with Crippen molar-refractivity contribution in [2.75, 3.05) is 39.6 Å². The average Bonchev–Trinajstić information content (AvgIpc) is 0.898. The molecule has 0 bridgehead atoms. The minimum Gasteiger partial charge on any atom is -0.462 e. The van der Waals surface area contributed by atoms with Gasteiger partial charge >= 0.3 is 39.5 Å². The summed E-state index contributed by atoms with van der Waals surface area (Å²) in [6, 6.07) is 0. The van der Waals surface area contributed by atoms with E-state index in [0.29, 0.717) is 32.1 Å². The number of allylic oxidation sites excluding steroid dienone is 39. The topological polar surface area (TPSA) is 237 Å². The molecular formula is C93H142O17P2. The van der Waals surface area contributed by atoms with E-state index in [4.69, 9.17) is 37.0 Å². The van der Waals surface area contributed by atoms with Crippen molar-refractivity contribution in [3.63, 3.8) is 0 Å². The van der Waals surface area contributed by atoms with E-state index in [-0.39, 0.29) is 25.7 Å². The molecule has 3 N–H and O–H groups in total. The zero-order chi connectivity index (χ0) is 81.7. The van der Waals surface area contributed by atoms with Gasteiger partial charge in [-0.3, -0.25) is 37.3 Å². The standard InChI is InChI=1S/C93H142O17P2/c1-5-9-13-17-21-25-29-33-37-40-43-46-50-53-57-61-65-69-73-77-90(95)103-83-88(109-92(97)79-75-71-67-63-59-55-49-36-32-28-24-20-16-12-8-4)85-107-111(99,100)105-81-87(94)82-106-112(101,102)108-86-89(110-93(98)80-76-72-68-64-60-56-52-48-45-42-39-35-31-27-23-19-15-11-7-3)84-104-91(96)78-74-70-66-62-58-54-51-47-44-41-38-34-30-26-22-18-14-10-6-2/h9-16,21-28,33-39,43-49,53-54,57-59,63,65,69,71,75,87-89,94H,5-8,17-20,29-32,40-42,50-52,55-56,60-62,64,66-68,70,72-74,76-86H2,1-4H3,(H,99,100)(H,101,102)/b13-9-,14-10-,15-11-,16-12-,25-21-,26-22-,27-23-,28-24-,37-33-,38-34-,39-35-,46-43-,47-44-,48-45-,49-36-,57-53-,58-54-,63-59-,69-65-,75-71-. The summed E-state index contributed by atoms with van der Waals surface area (Å²) in [5.41, 5.74) is 0. The Kier molecular flexibility index (Phi) is 76.6. The summed E-state index contributed by atoms with van der Waals surface area (Å²) in [6.07, 6.45) is 107. The summed E-state index contributed by atoms with van der Waals surface area (Å²) in [5.74, 6) is -2.51. The lowest BCUT2D eigenvalue weighted by molar-refractivity contribution is -0.161. The molecule has 112 heavy (non-hydrogen) atoms. The fraction of sp³-hybridized carbons (Fsp3) is 0.527. The molecule has 0 spiro atoms. The lowest BCUT2D eigenvalue weighted by Gasteiger charge is -2.21. The molecule has 0 saturated carbocycles. The first-order valence-corrected chi connectivity index (χ1v) is 44.3. The lowest BCUT2D eigenvalue weighted by Crippen LogP contribution is -2.30. The summed E-state index contributed by atoms with van der Waals surface area (Å²) in [7, 11) is -10.1. The number of hydrogen-bond donors (Lipinski definition) is 3. The fourth-order valence-corrected chi connectivity index (χ4v) is 11.3. The van der Waals surface area contributed by atoms with Crippen LogP contribution in [0.3, 0.4) is 0 Å². The number of carbonyl (C=O) groups excluding carboxylic acids is 4. The van der Waals surface area contributed by atoms with Gasteiger partial charge in [-0.25, -0.2) is 9.13 Å². The second-order valence-corrected chi connectivity index (χ2v) is 29.1. The Labute approximate surface area is 676 Å². The van der Waals surface area contributed by atoms with E-state index in [1.165, 1.54) is 0 Å². The number of hydrogen-bond acceptors (Lipinski definition) is 15. The highest BCUT2D eigenvalue weighted by Gasteiger charge is 2.30. The van der Waals surface area contributed by atoms with E-state index in [1.807, 2.05) is 30.4 Å². The number of phosphoric ester groups is 2. The Bertz CT molecular complexity index is 3090. The van der Waals surface area contributed by atoms with Crippen molar-refractivity contribution in [3.05, 3.63) is 243 Å². The van der Waals surface area contributed by atoms with Crippen molar-refractivity contribution >= 4 is 39.5 Å². The van der Waals surface area contributed by atoms with Crippen molar-refractivity contribution in [1.29, 1.82) is 0 Å². The first kappa shape index (κ1) is 105. The molecule has 0 aliphatic rings. The minimum atomic E-state index is -5.04. The molecule has 0 aromatic heterocycles. The van der Waals surface area contributed by atoms with E-state index in [0.717, 1.165) is 173 Å². The summed E-state index contributed by atoms with van der Waals surface area (Å²) < 4.78 is 68.5. The number of unbranched alkanes of at least 4 members (excludes halogenated alkanes) is 9. The molecule has 0 aliphatic carbocycles. The van der Waals surface area contributed by atoms with Crippen LogP contribution in [-0.2, 0) is 65.4 Å². The predicted octanol–water partition coefficient (Wildman–Crippen LogP) is 24.8. The van der Waals surface area contributed by atoms with E-state index >= 15 is 0 Å². The zero-order valence-electron chi connectivity index (χ0n) is 68.5. The Morgan fingerprint density at radius 3 is 0.812 bits per heavy atom. The van der Waals surface area contributed by atoms with Crippen molar-refractivity contribution in [1.82, 2.24) is 0 Å². The van der Waals surface area contributed by atoms with Crippen molar-refractivity contribution in [2.45, 2.75) is 277 Å². The van der Waals surface area contributed by atoms with Gasteiger partial charge in [-0.1, -0.05) is 303 Å². The molecule has 5 unspecified atom stereocenters. The van der Waals surface area contributed by atoms with Crippen LogP contribution in [0.2, 0.25) is 0 Å². The van der Waals surface area contributed by atoms with Gasteiger partial charge in [-0.05, 0) is 173 Å². The quantitative estimate of drug-likeness (QED) is 0.0169. The number of ether oxygens (including phenoxy) is 4. The number of aliphatic hydroxyl groups excluding tert-OH is 1. The van der Waals surface area contributed by atoms with Gasteiger partial charge in [0.1, 0.15) is 19.3 Å². The third kappa shape index (κ3) is 80.9.